The van der Waals surface area contributed by atoms with Gasteiger partial charge in [-0.15, -0.1) is 0 Å². The molecule has 1 amide bonds. The number of fused-ring (bicyclic) bond motifs is 1. The number of pyridine rings is 2. The van der Waals surface area contributed by atoms with Crippen molar-refractivity contribution >= 4 is 22.6 Å². The van der Waals surface area contributed by atoms with Crippen molar-refractivity contribution in [2.75, 3.05) is 38.2 Å². The highest BCUT2D eigenvalue weighted by Crippen LogP contribution is 2.20. The van der Waals surface area contributed by atoms with E-state index in [0.717, 1.165) is 29.7 Å². The van der Waals surface area contributed by atoms with Gasteiger partial charge >= 0.3 is 0 Å². The van der Waals surface area contributed by atoms with E-state index in [1.54, 1.807) is 30.9 Å². The van der Waals surface area contributed by atoms with Gasteiger partial charge in [-0.3, -0.25) is 19.7 Å². The summed E-state index contributed by atoms with van der Waals surface area (Å²) in [5.74, 6) is 0.392. The third-order valence-electron chi connectivity index (χ3n) is 4.14. The Morgan fingerprint density at radius 2 is 2.00 bits per heavy atom. The van der Waals surface area contributed by atoms with Gasteiger partial charge in [-0.05, 0) is 12.1 Å². The molecule has 0 aromatic carbocycles. The first kappa shape index (κ1) is 16.5. The van der Waals surface area contributed by atoms with Crippen molar-refractivity contribution in [2.24, 2.45) is 0 Å². The number of hydrogen-bond donors (Lipinski definition) is 1. The van der Waals surface area contributed by atoms with Crippen molar-refractivity contribution in [1.29, 1.82) is 0 Å². The van der Waals surface area contributed by atoms with Crippen LogP contribution >= 0.6 is 0 Å². The fraction of sp³-hybridized carbons (Fsp3) is 0.278. The number of nitrogens with zero attached hydrogens (tertiary/aromatic N) is 5. The number of anilines is 1. The smallest absolute Gasteiger partial charge is 0.239 e. The molecule has 1 aliphatic heterocycles. The molecule has 1 N–H and O–H groups in total. The third kappa shape index (κ3) is 3.81. The number of ether oxygens (including phenoxy) is 1. The van der Waals surface area contributed by atoms with Crippen molar-refractivity contribution < 1.29 is 9.53 Å². The Hall–Kier alpha value is -2.97. The van der Waals surface area contributed by atoms with E-state index in [0.29, 0.717) is 31.3 Å². The first-order chi connectivity index (χ1) is 12.8. The Morgan fingerprint density at radius 3 is 2.81 bits per heavy atom. The number of carbonyl (C=O) groups is 1. The average Bonchev–Trinajstić information content (AvgIpc) is 2.69. The first-order valence-corrected chi connectivity index (χ1v) is 8.41. The molecule has 1 saturated heterocycles. The molecule has 0 radical (unpaired) electrons. The Balaban J connectivity index is 1.51. The largest absolute Gasteiger partial charge is 0.379 e. The van der Waals surface area contributed by atoms with Gasteiger partial charge in [0.15, 0.2) is 0 Å². The molecular formula is C18H18N6O2. The summed E-state index contributed by atoms with van der Waals surface area (Å²) in [4.78, 5) is 31.5. The highest BCUT2D eigenvalue weighted by molar-refractivity contribution is 5.93. The van der Waals surface area contributed by atoms with Gasteiger partial charge in [0.05, 0.1) is 37.2 Å². The topological polar surface area (TPSA) is 93.1 Å². The van der Waals surface area contributed by atoms with Crippen LogP contribution in [0, 0.1) is 0 Å². The molecule has 0 aliphatic carbocycles. The highest BCUT2D eigenvalue weighted by Gasteiger charge is 2.14. The van der Waals surface area contributed by atoms with Gasteiger partial charge in [0, 0.05) is 43.1 Å². The van der Waals surface area contributed by atoms with Gasteiger partial charge in [-0.2, -0.15) is 0 Å². The Labute approximate surface area is 150 Å². The molecule has 1 fully saturated rings. The zero-order valence-electron chi connectivity index (χ0n) is 14.1. The zero-order valence-corrected chi connectivity index (χ0v) is 14.1. The number of aromatic nitrogens is 4. The summed E-state index contributed by atoms with van der Waals surface area (Å²) in [6, 6.07) is 5.58. The molecule has 4 heterocycles. The van der Waals surface area contributed by atoms with Crippen molar-refractivity contribution in [3.05, 3.63) is 43.0 Å². The molecule has 26 heavy (non-hydrogen) atoms. The fourth-order valence-corrected chi connectivity index (χ4v) is 2.80. The minimum Gasteiger partial charge on any atom is -0.379 e. The summed E-state index contributed by atoms with van der Waals surface area (Å²) < 4.78 is 5.29. The fourth-order valence-electron chi connectivity index (χ4n) is 2.80. The Morgan fingerprint density at radius 1 is 1.12 bits per heavy atom. The van der Waals surface area contributed by atoms with Crippen LogP contribution in [-0.4, -0.2) is 63.6 Å². The number of rotatable bonds is 4. The minimum absolute atomic E-state index is 0.0937. The maximum absolute atomic E-state index is 12.2. The molecule has 132 valence electrons. The molecule has 4 rings (SSSR count). The quantitative estimate of drug-likeness (QED) is 0.759. The van der Waals surface area contributed by atoms with E-state index in [1.165, 1.54) is 0 Å². The molecule has 1 aliphatic rings. The van der Waals surface area contributed by atoms with Gasteiger partial charge < -0.3 is 10.1 Å². The van der Waals surface area contributed by atoms with Gasteiger partial charge in [0.2, 0.25) is 5.91 Å². The van der Waals surface area contributed by atoms with Gasteiger partial charge in [-0.25, -0.2) is 9.97 Å². The maximum Gasteiger partial charge on any atom is 0.239 e. The van der Waals surface area contributed by atoms with E-state index in [1.807, 2.05) is 12.1 Å². The predicted octanol–water partition coefficient (Wildman–Crippen LogP) is 1.36. The monoisotopic (exact) mass is 350 g/mol. The van der Waals surface area contributed by atoms with Crippen LogP contribution in [0.25, 0.3) is 22.3 Å². The van der Waals surface area contributed by atoms with Crippen molar-refractivity contribution in [3.8, 4) is 11.4 Å². The molecule has 3 aromatic rings. The SMILES string of the molecule is O=C(CN1CCOCC1)Nc1cc2nc(-c3cnccn3)ccc2cn1. The van der Waals surface area contributed by atoms with Crippen LogP contribution in [0.2, 0.25) is 0 Å². The van der Waals surface area contributed by atoms with Crippen LogP contribution < -0.4 is 5.32 Å². The summed E-state index contributed by atoms with van der Waals surface area (Å²) in [7, 11) is 0. The molecule has 8 nitrogen and oxygen atoms in total. The van der Waals surface area contributed by atoms with Crippen LogP contribution in [0.15, 0.2) is 43.0 Å². The molecule has 0 spiro atoms. The summed E-state index contributed by atoms with van der Waals surface area (Å²) in [5, 5.41) is 3.73. The number of amides is 1. The average molecular weight is 350 g/mol. The zero-order chi connectivity index (χ0) is 17.8. The molecule has 0 unspecified atom stereocenters. The van der Waals surface area contributed by atoms with Crippen molar-refractivity contribution in [2.45, 2.75) is 0 Å². The van der Waals surface area contributed by atoms with E-state index < -0.39 is 0 Å². The lowest BCUT2D eigenvalue weighted by molar-refractivity contribution is -0.118. The van der Waals surface area contributed by atoms with Crippen LogP contribution in [0.1, 0.15) is 0 Å². The van der Waals surface area contributed by atoms with E-state index in [2.05, 4.69) is 30.2 Å². The first-order valence-electron chi connectivity index (χ1n) is 8.41. The van der Waals surface area contributed by atoms with Gasteiger partial charge in [0.25, 0.3) is 0 Å². The lowest BCUT2D eigenvalue weighted by atomic mass is 10.2. The van der Waals surface area contributed by atoms with Crippen LogP contribution in [0.5, 0.6) is 0 Å². The summed E-state index contributed by atoms with van der Waals surface area (Å²) >= 11 is 0. The normalized spacial score (nSPS) is 15.1. The molecular weight excluding hydrogens is 332 g/mol. The molecule has 3 aromatic heterocycles. The molecule has 0 bridgehead atoms. The standard InChI is InChI=1S/C18H18N6O2/c25-18(12-24-5-7-26-8-6-24)23-17-9-15-13(10-21-17)1-2-14(22-15)16-11-19-3-4-20-16/h1-4,9-11H,5-8,12H2,(H,21,23,25). The molecule has 0 saturated carbocycles. The van der Waals surface area contributed by atoms with Crippen LogP contribution in [-0.2, 0) is 9.53 Å². The van der Waals surface area contributed by atoms with Crippen molar-refractivity contribution in [1.82, 2.24) is 24.8 Å². The van der Waals surface area contributed by atoms with E-state index in [4.69, 9.17) is 4.74 Å². The lowest BCUT2D eigenvalue weighted by Crippen LogP contribution is -2.41. The summed E-state index contributed by atoms with van der Waals surface area (Å²) in [6.45, 7) is 3.19. The minimum atomic E-state index is -0.0937. The number of nitrogens with one attached hydrogen (secondary N) is 1. The predicted molar refractivity (Wildman–Crippen MR) is 96.5 cm³/mol. The second-order valence-corrected chi connectivity index (χ2v) is 5.99. The third-order valence-corrected chi connectivity index (χ3v) is 4.14. The number of carbonyl (C=O) groups excluding carboxylic acids is 1. The molecule has 0 atom stereocenters. The molecule has 8 heteroatoms. The number of hydrogen-bond acceptors (Lipinski definition) is 7. The Kier molecular flexibility index (Phi) is 4.76. The second-order valence-electron chi connectivity index (χ2n) is 5.99. The van der Waals surface area contributed by atoms with E-state index in [-0.39, 0.29) is 5.91 Å². The van der Waals surface area contributed by atoms with Crippen LogP contribution in [0.3, 0.4) is 0 Å². The highest BCUT2D eigenvalue weighted by atomic mass is 16.5. The van der Waals surface area contributed by atoms with Crippen molar-refractivity contribution in [3.63, 3.8) is 0 Å². The summed E-state index contributed by atoms with van der Waals surface area (Å²) in [5.41, 5.74) is 2.16. The maximum atomic E-state index is 12.2. The lowest BCUT2D eigenvalue weighted by Gasteiger charge is -2.25. The van der Waals surface area contributed by atoms with E-state index in [9.17, 15) is 4.79 Å². The second kappa shape index (κ2) is 7.51. The van der Waals surface area contributed by atoms with Gasteiger partial charge in [0.1, 0.15) is 11.5 Å². The van der Waals surface area contributed by atoms with Crippen LogP contribution in [0.4, 0.5) is 5.82 Å². The van der Waals surface area contributed by atoms with E-state index >= 15 is 0 Å². The summed E-state index contributed by atoms with van der Waals surface area (Å²) in [6.07, 6.45) is 6.62. The Bertz CT molecular complexity index is 912. The number of morpholine rings is 1. The van der Waals surface area contributed by atoms with Gasteiger partial charge in [-0.1, -0.05) is 0 Å².